The molecule has 0 saturated carbocycles. The van der Waals surface area contributed by atoms with E-state index in [2.05, 4.69) is 15.5 Å². The normalized spacial score (nSPS) is 10.7. The summed E-state index contributed by atoms with van der Waals surface area (Å²) in [4.78, 5) is 17.0. The Hall–Kier alpha value is -1.69. The second-order valence-corrected chi connectivity index (χ2v) is 5.74. The van der Waals surface area contributed by atoms with Gasteiger partial charge in [-0.3, -0.25) is 4.79 Å². The molecular weight excluding hydrogens is 262 g/mol. The van der Waals surface area contributed by atoms with E-state index < -0.39 is 0 Å². The number of nitrogens with one attached hydrogen (secondary N) is 1. The van der Waals surface area contributed by atoms with Crippen LogP contribution in [0.15, 0.2) is 10.7 Å². The fourth-order valence-corrected chi connectivity index (χ4v) is 2.59. The number of aromatic nitrogens is 2. The summed E-state index contributed by atoms with van der Waals surface area (Å²) in [7, 11) is 0. The lowest BCUT2D eigenvalue weighted by atomic mass is 10.1. The average molecular weight is 279 g/mol. The lowest BCUT2D eigenvalue weighted by molar-refractivity contribution is -0.121. The maximum atomic E-state index is 11.8. The summed E-state index contributed by atoms with van der Waals surface area (Å²) in [5.41, 5.74) is 1.90. The Morgan fingerprint density at radius 3 is 2.79 bits per heavy atom. The maximum absolute atomic E-state index is 11.8. The van der Waals surface area contributed by atoms with Gasteiger partial charge in [-0.15, -0.1) is 11.3 Å². The molecule has 2 rings (SSSR count). The largest absolute Gasteiger partial charge is 0.361 e. The zero-order valence-electron chi connectivity index (χ0n) is 11.3. The van der Waals surface area contributed by atoms with Crippen molar-refractivity contribution in [2.75, 3.05) is 0 Å². The van der Waals surface area contributed by atoms with Gasteiger partial charge in [-0.25, -0.2) is 4.98 Å². The number of thiazole rings is 1. The van der Waals surface area contributed by atoms with E-state index in [1.54, 1.807) is 17.5 Å². The first-order valence-corrected chi connectivity index (χ1v) is 6.97. The minimum absolute atomic E-state index is 0.0334. The fourth-order valence-electron chi connectivity index (χ4n) is 1.86. The third-order valence-electron chi connectivity index (χ3n) is 2.91. The van der Waals surface area contributed by atoms with Crippen LogP contribution in [-0.4, -0.2) is 16.0 Å². The monoisotopic (exact) mass is 279 g/mol. The SMILES string of the molecule is Cc1ncc(CNC(=O)CCc2c(C)noc2C)s1. The van der Waals surface area contributed by atoms with Crippen molar-refractivity contribution in [2.45, 2.75) is 40.2 Å². The Morgan fingerprint density at radius 1 is 1.42 bits per heavy atom. The molecule has 6 heteroatoms. The van der Waals surface area contributed by atoms with Gasteiger partial charge in [0.2, 0.25) is 5.91 Å². The number of rotatable bonds is 5. The van der Waals surface area contributed by atoms with Crippen molar-refractivity contribution in [3.8, 4) is 0 Å². The molecular formula is C13H17N3O2S. The minimum Gasteiger partial charge on any atom is -0.361 e. The van der Waals surface area contributed by atoms with Crippen molar-refractivity contribution in [3.05, 3.63) is 33.1 Å². The van der Waals surface area contributed by atoms with Crippen LogP contribution in [0.5, 0.6) is 0 Å². The molecule has 0 aliphatic carbocycles. The number of carbonyl (C=O) groups is 1. The van der Waals surface area contributed by atoms with E-state index >= 15 is 0 Å². The average Bonchev–Trinajstić information content (AvgIpc) is 2.92. The molecule has 1 N–H and O–H groups in total. The molecule has 0 radical (unpaired) electrons. The molecule has 2 aromatic rings. The molecule has 0 aliphatic rings. The zero-order valence-corrected chi connectivity index (χ0v) is 12.1. The highest BCUT2D eigenvalue weighted by molar-refractivity contribution is 7.11. The van der Waals surface area contributed by atoms with Crippen molar-refractivity contribution < 1.29 is 9.32 Å². The van der Waals surface area contributed by atoms with Crippen molar-refractivity contribution in [3.63, 3.8) is 0 Å². The highest BCUT2D eigenvalue weighted by Crippen LogP contribution is 2.14. The van der Waals surface area contributed by atoms with Gasteiger partial charge < -0.3 is 9.84 Å². The molecule has 0 unspecified atom stereocenters. The molecule has 0 aromatic carbocycles. The summed E-state index contributed by atoms with van der Waals surface area (Å²) in [6.07, 6.45) is 2.91. The molecule has 2 aromatic heterocycles. The Balaban J connectivity index is 1.79. The summed E-state index contributed by atoms with van der Waals surface area (Å²) in [5.74, 6) is 0.828. The predicted molar refractivity (Wildman–Crippen MR) is 73.0 cm³/mol. The molecule has 0 atom stereocenters. The first kappa shape index (κ1) is 13.7. The number of hydrogen-bond acceptors (Lipinski definition) is 5. The third kappa shape index (κ3) is 3.64. The number of hydrogen-bond donors (Lipinski definition) is 1. The molecule has 0 bridgehead atoms. The number of nitrogens with zero attached hydrogens (tertiary/aromatic N) is 2. The number of amides is 1. The lowest BCUT2D eigenvalue weighted by Gasteiger charge is -2.03. The molecule has 2 heterocycles. The van der Waals surface area contributed by atoms with Crippen LogP contribution >= 0.6 is 11.3 Å². The van der Waals surface area contributed by atoms with E-state index in [9.17, 15) is 4.79 Å². The van der Waals surface area contributed by atoms with E-state index in [-0.39, 0.29) is 5.91 Å². The lowest BCUT2D eigenvalue weighted by Crippen LogP contribution is -2.22. The van der Waals surface area contributed by atoms with Crippen LogP contribution in [0.1, 0.15) is 33.3 Å². The topological polar surface area (TPSA) is 68.0 Å². The molecule has 0 aliphatic heterocycles. The predicted octanol–water partition coefficient (Wildman–Crippen LogP) is 2.31. The third-order valence-corrected chi connectivity index (χ3v) is 3.82. The zero-order chi connectivity index (χ0) is 13.8. The van der Waals surface area contributed by atoms with Gasteiger partial charge in [0, 0.05) is 23.1 Å². The second kappa shape index (κ2) is 5.97. The maximum Gasteiger partial charge on any atom is 0.220 e. The van der Waals surface area contributed by atoms with Crippen LogP contribution in [0.3, 0.4) is 0 Å². The van der Waals surface area contributed by atoms with Crippen molar-refractivity contribution >= 4 is 17.2 Å². The molecule has 19 heavy (non-hydrogen) atoms. The summed E-state index contributed by atoms with van der Waals surface area (Å²) in [6, 6.07) is 0. The molecule has 0 fully saturated rings. The van der Waals surface area contributed by atoms with Crippen LogP contribution < -0.4 is 5.32 Å². The highest BCUT2D eigenvalue weighted by Gasteiger charge is 2.11. The van der Waals surface area contributed by atoms with E-state index in [0.29, 0.717) is 19.4 Å². The van der Waals surface area contributed by atoms with Crippen molar-refractivity contribution in [2.24, 2.45) is 0 Å². The summed E-state index contributed by atoms with van der Waals surface area (Å²) in [5, 5.41) is 7.79. The number of carbonyl (C=O) groups excluding carboxylic acids is 1. The van der Waals surface area contributed by atoms with Gasteiger partial charge >= 0.3 is 0 Å². The van der Waals surface area contributed by atoms with E-state index in [0.717, 1.165) is 26.9 Å². The molecule has 5 nitrogen and oxygen atoms in total. The summed E-state index contributed by atoms with van der Waals surface area (Å²) >= 11 is 1.60. The minimum atomic E-state index is 0.0334. The fraction of sp³-hybridized carbons (Fsp3) is 0.462. The smallest absolute Gasteiger partial charge is 0.220 e. The Labute approximate surface area is 116 Å². The van der Waals surface area contributed by atoms with Gasteiger partial charge in [-0.2, -0.15) is 0 Å². The highest BCUT2D eigenvalue weighted by atomic mass is 32.1. The van der Waals surface area contributed by atoms with Crippen LogP contribution in [0.2, 0.25) is 0 Å². The number of aryl methyl sites for hydroxylation is 3. The van der Waals surface area contributed by atoms with Crippen LogP contribution in [-0.2, 0) is 17.8 Å². The van der Waals surface area contributed by atoms with Gasteiger partial charge in [0.05, 0.1) is 17.2 Å². The van der Waals surface area contributed by atoms with Crippen molar-refractivity contribution in [1.29, 1.82) is 0 Å². The molecule has 1 amide bonds. The van der Waals surface area contributed by atoms with E-state index in [4.69, 9.17) is 4.52 Å². The van der Waals surface area contributed by atoms with Gasteiger partial charge in [0.1, 0.15) is 5.76 Å². The summed E-state index contributed by atoms with van der Waals surface area (Å²) < 4.78 is 5.07. The molecule has 0 spiro atoms. The second-order valence-electron chi connectivity index (χ2n) is 4.43. The standard InChI is InChI=1S/C13H17N3O2S/c1-8-12(9(2)18-16-8)4-5-13(17)15-7-11-6-14-10(3)19-11/h6H,4-5,7H2,1-3H3,(H,15,17). The van der Waals surface area contributed by atoms with E-state index in [1.165, 1.54) is 0 Å². The Kier molecular flexibility index (Phi) is 4.31. The van der Waals surface area contributed by atoms with E-state index in [1.807, 2.05) is 20.8 Å². The van der Waals surface area contributed by atoms with Crippen LogP contribution in [0, 0.1) is 20.8 Å². The van der Waals surface area contributed by atoms with Crippen LogP contribution in [0.25, 0.3) is 0 Å². The van der Waals surface area contributed by atoms with Crippen molar-refractivity contribution in [1.82, 2.24) is 15.5 Å². The van der Waals surface area contributed by atoms with Gasteiger partial charge in [0.15, 0.2) is 0 Å². The van der Waals surface area contributed by atoms with Gasteiger partial charge in [0.25, 0.3) is 0 Å². The first-order chi connectivity index (χ1) is 9.06. The van der Waals surface area contributed by atoms with Gasteiger partial charge in [-0.1, -0.05) is 5.16 Å². The summed E-state index contributed by atoms with van der Waals surface area (Å²) in [6.45, 7) is 6.26. The molecule has 102 valence electrons. The van der Waals surface area contributed by atoms with Crippen LogP contribution in [0.4, 0.5) is 0 Å². The van der Waals surface area contributed by atoms with Gasteiger partial charge in [-0.05, 0) is 27.2 Å². The quantitative estimate of drug-likeness (QED) is 0.912. The Morgan fingerprint density at radius 2 is 2.21 bits per heavy atom. The Bertz CT molecular complexity index is 555. The molecule has 0 saturated heterocycles. The first-order valence-electron chi connectivity index (χ1n) is 6.16.